The van der Waals surface area contributed by atoms with Crippen molar-refractivity contribution < 1.29 is 36.0 Å². The second kappa shape index (κ2) is 29.1. The van der Waals surface area contributed by atoms with E-state index in [1.54, 1.807) is 0 Å². The van der Waals surface area contributed by atoms with Crippen LogP contribution in [-0.4, -0.2) is 33.6 Å². The van der Waals surface area contributed by atoms with E-state index in [9.17, 15) is 19.2 Å². The summed E-state index contributed by atoms with van der Waals surface area (Å²) in [6.45, 7) is 43.1. The van der Waals surface area contributed by atoms with Crippen LogP contribution < -0.4 is 31.2 Å². The number of carbonyl (C=O) groups excluding carboxylic acids is 4. The average molecular weight is 1590 g/mol. The van der Waals surface area contributed by atoms with Crippen molar-refractivity contribution in [1.29, 1.82) is 0 Å². The fraction of sp³-hybridized carbons (Fsp3) is 0.308. The van der Waals surface area contributed by atoms with Gasteiger partial charge < -0.3 is 31.2 Å². The molecule has 12 nitrogen and oxygen atoms in total. The van der Waals surface area contributed by atoms with Crippen LogP contribution in [0.3, 0.4) is 0 Å². The van der Waals surface area contributed by atoms with Gasteiger partial charge in [0.2, 0.25) is 23.6 Å². The van der Waals surface area contributed by atoms with E-state index in [-0.39, 0.29) is 85.7 Å². The molecule has 11 aromatic rings. The molecule has 0 unspecified atom stereocenters. The van der Waals surface area contributed by atoms with Crippen molar-refractivity contribution in [1.82, 2.24) is 19.9 Å². The molecule has 17 rings (SSSR count). The Kier molecular flexibility index (Phi) is 19.8. The van der Waals surface area contributed by atoms with E-state index in [2.05, 4.69) is 269 Å². The number of fused-ring (bicyclic) bond motifs is 8. The molecule has 1 radical (unpaired) electrons. The van der Waals surface area contributed by atoms with Gasteiger partial charge in [-0.2, -0.15) is 0 Å². The normalized spacial score (nSPS) is 17.9. The fourth-order valence-electron chi connectivity index (χ4n) is 19.5. The maximum atomic E-state index is 15.0. The minimum absolute atomic E-state index is 0. The first-order chi connectivity index (χ1) is 55.0. The third-order valence-corrected chi connectivity index (χ3v) is 25.9. The molecule has 4 N–H and O–H groups in total. The van der Waals surface area contributed by atoms with Gasteiger partial charge in [-0.1, -0.05) is 163 Å². The quantitative estimate of drug-likeness (QED) is 0.0741. The zero-order chi connectivity index (χ0) is 82.0. The van der Waals surface area contributed by atoms with Crippen molar-refractivity contribution in [2.24, 2.45) is 45.3 Å². The van der Waals surface area contributed by atoms with Crippen molar-refractivity contribution in [2.75, 3.05) is 21.3 Å². The molecule has 593 valence electrons. The van der Waals surface area contributed by atoms with E-state index >= 15 is 0 Å². The van der Waals surface area contributed by atoms with E-state index < -0.39 is 0 Å². The Hall–Kier alpha value is -11.3. The molecular formula is C104H104CoN8O4. The van der Waals surface area contributed by atoms with Gasteiger partial charge >= 0.3 is 16.8 Å². The smallest absolute Gasteiger partial charge is 0.657 e. The van der Waals surface area contributed by atoms with Gasteiger partial charge in [0.25, 0.3) is 0 Å². The summed E-state index contributed by atoms with van der Waals surface area (Å²) < 4.78 is 0. The third kappa shape index (κ3) is 14.9. The fourth-order valence-corrected chi connectivity index (χ4v) is 19.5. The summed E-state index contributed by atoms with van der Waals surface area (Å²) in [4.78, 5) is 83.8. The summed E-state index contributed by atoms with van der Waals surface area (Å²) in [6.07, 6.45) is 11.1. The van der Waals surface area contributed by atoms with Gasteiger partial charge in [-0.15, -0.1) is 22.1 Å². The Morgan fingerprint density at radius 2 is 0.470 bits per heavy atom. The largest absolute Gasteiger partial charge is 2.00 e. The number of nitrogens with zero attached hydrogens (tertiary/aromatic N) is 4. The van der Waals surface area contributed by atoms with E-state index in [0.717, 1.165) is 137 Å². The number of hydrogen-bond donors (Lipinski definition) is 4. The first-order valence-electron chi connectivity index (χ1n) is 41.2. The van der Waals surface area contributed by atoms with Gasteiger partial charge in [-0.3, -0.25) is 19.2 Å². The first-order valence-corrected chi connectivity index (χ1v) is 41.2. The summed E-state index contributed by atoms with van der Waals surface area (Å²) in [5, 5.41) is 13.8. The number of hydrogen-bond acceptors (Lipinski definition) is 6. The maximum Gasteiger partial charge on any atom is 2.00 e. The number of anilines is 4. The van der Waals surface area contributed by atoms with Crippen LogP contribution >= 0.6 is 0 Å². The predicted octanol–water partition coefficient (Wildman–Crippen LogP) is 24.9. The van der Waals surface area contributed by atoms with Gasteiger partial charge in [0.05, 0.1) is 45.5 Å². The van der Waals surface area contributed by atoms with Crippen LogP contribution in [0.1, 0.15) is 171 Å². The Morgan fingerprint density at radius 3 is 0.675 bits per heavy atom. The van der Waals surface area contributed by atoms with Gasteiger partial charge in [-0.25, -0.2) is 9.97 Å². The number of rotatable bonds is 16. The third-order valence-electron chi connectivity index (χ3n) is 25.9. The number of nitrogens with one attached hydrogen (secondary N) is 4. The summed E-state index contributed by atoms with van der Waals surface area (Å²) in [5.74, 6) is -1.39. The molecule has 0 spiro atoms. The van der Waals surface area contributed by atoms with Gasteiger partial charge in [0.1, 0.15) is 0 Å². The second-order valence-corrected chi connectivity index (χ2v) is 37.4. The zero-order valence-corrected chi connectivity index (χ0v) is 72.1. The standard InChI is InChI=1S/C104H106N8O4.Co/c1-53-35-57(5)87(58(6)36-53)65-43-66(88-59(7)37-54(2)38-60(88)8)46-69(45-65)91-79-27-31-83(105-79)95(93-75(109-97(113)71-49-101(71,13)14)23-21-24-76(93)110-98(114)72-50-102(72,15)16)85-33-29-81(107-85)92(70-47-67(89-61(9)39-55(3)40-62(89)10)44-68(48-70)90-63(11)41-56(4)42-64(90)12)82-30-34-86(108-82)96(84-32-28-80(91)106-84)94-77(111-99(115)73-51-103(73,17)18)25-22-26-78(94)112-100(116)74-52-104(74,19)20;/h21-48,71-74H,49-52H2,1-20H3,(H6,105,106,107,108,109,110,111,112,113,114,115,116);/q;+2/p-2/t71-,72-,73-,74-;/m1./s1. The molecule has 5 heterocycles. The van der Waals surface area contributed by atoms with Crippen molar-refractivity contribution >= 4 is 92.7 Å². The van der Waals surface area contributed by atoms with Gasteiger partial charge in [-0.05, 0) is 338 Å². The van der Waals surface area contributed by atoms with Crippen LogP contribution in [0.15, 0.2) is 146 Å². The number of benzene rings is 8. The molecule has 4 fully saturated rings. The number of amides is 4. The van der Waals surface area contributed by atoms with Crippen molar-refractivity contribution in [2.45, 2.75) is 164 Å². The Labute approximate surface area is 699 Å². The summed E-state index contributed by atoms with van der Waals surface area (Å²) >= 11 is 0. The Morgan fingerprint density at radius 1 is 0.282 bits per heavy atom. The molecule has 117 heavy (non-hydrogen) atoms. The molecule has 6 aliphatic rings. The van der Waals surface area contributed by atoms with E-state index in [1.807, 2.05) is 60.7 Å². The number of carbonyl (C=O) groups is 4. The summed E-state index contributed by atoms with van der Waals surface area (Å²) in [5.41, 5.74) is 33.6. The van der Waals surface area contributed by atoms with Crippen LogP contribution in [0, 0.1) is 128 Å². The van der Waals surface area contributed by atoms with E-state index in [4.69, 9.17) is 19.9 Å². The van der Waals surface area contributed by atoms with Crippen LogP contribution in [0.5, 0.6) is 0 Å². The summed E-state index contributed by atoms with van der Waals surface area (Å²) in [7, 11) is 0. The average Bonchev–Trinajstić information content (AvgIpc) is 1.64. The van der Waals surface area contributed by atoms with Gasteiger partial charge in [0, 0.05) is 34.8 Å². The van der Waals surface area contributed by atoms with Crippen LogP contribution in [0.2, 0.25) is 0 Å². The molecule has 8 aromatic carbocycles. The molecule has 4 saturated carbocycles. The van der Waals surface area contributed by atoms with Crippen molar-refractivity contribution in [3.05, 3.63) is 235 Å². The molecule has 0 saturated heterocycles. The van der Waals surface area contributed by atoms with Crippen molar-refractivity contribution in [3.63, 3.8) is 0 Å². The van der Waals surface area contributed by atoms with E-state index in [1.165, 1.54) is 22.3 Å². The predicted molar refractivity (Wildman–Crippen MR) is 479 cm³/mol. The van der Waals surface area contributed by atoms with Crippen LogP contribution in [0.4, 0.5) is 22.7 Å². The van der Waals surface area contributed by atoms with Crippen LogP contribution in [-0.2, 0) is 36.0 Å². The topological polar surface area (TPSA) is 170 Å². The van der Waals surface area contributed by atoms with Crippen LogP contribution in [0.25, 0.3) is 135 Å². The molecule has 2 aliphatic heterocycles. The zero-order valence-electron chi connectivity index (χ0n) is 71.1. The number of aromatic nitrogens is 4. The minimum atomic E-state index is -0.241. The number of aryl methyl sites for hydroxylation is 12. The molecule has 4 atom stereocenters. The maximum absolute atomic E-state index is 15.0. The molecule has 13 heteroatoms. The van der Waals surface area contributed by atoms with Gasteiger partial charge in [0.15, 0.2) is 0 Å². The second-order valence-electron chi connectivity index (χ2n) is 37.4. The molecule has 4 aliphatic carbocycles. The first kappa shape index (κ1) is 79.6. The monoisotopic (exact) mass is 1590 g/mol. The molecular weight excluding hydrogens is 1480 g/mol. The van der Waals surface area contributed by atoms with Crippen molar-refractivity contribution in [3.8, 4) is 89.0 Å². The molecule has 4 amide bonds. The summed E-state index contributed by atoms with van der Waals surface area (Å²) in [6, 6.07) is 51.6. The minimum Gasteiger partial charge on any atom is -0.657 e. The molecule has 8 bridgehead atoms. The molecule has 3 aromatic heterocycles. The Balaban J connectivity index is 0.0000102. The SMILES string of the molecule is Cc1cc(C)c(-c2cc(-c3c(C)cc(C)cc3C)cc(-c3c4nc(c(-c5c(NC(=O)[C@H]6CC6(C)C)cccc5NC(=O)[C@H]5CC5(C)C)c5ccc([n-]5)c(-c5cc(-c6c(C)cc(C)cc6C)cc(-c6c(C)cc(C)cc6C)c5)c5nc(c(-c6c(NC(=O)[C@H]7CC7(C)C)cccc6NC(=O)[C@H]6CC6(C)C)c6ccc3[n-]6)C=C5)C=C4)c2)c(C)c1.[Co+2]. The Bertz CT molecular complexity index is 5650. The van der Waals surface area contributed by atoms with E-state index in [0.29, 0.717) is 89.8 Å².